The van der Waals surface area contributed by atoms with Gasteiger partial charge in [-0.1, -0.05) is 42.5 Å². The second-order valence-corrected chi connectivity index (χ2v) is 7.81. The van der Waals surface area contributed by atoms with Gasteiger partial charge in [0.05, 0.1) is 6.54 Å². The summed E-state index contributed by atoms with van der Waals surface area (Å²) in [4.78, 5) is 27.6. The molecular weight excluding hydrogens is 376 g/mol. The second kappa shape index (κ2) is 9.09. The molecule has 30 heavy (non-hydrogen) atoms. The van der Waals surface area contributed by atoms with Gasteiger partial charge in [-0.2, -0.15) is 0 Å². The van der Waals surface area contributed by atoms with Crippen LogP contribution in [0.15, 0.2) is 71.7 Å². The molecule has 5 heteroatoms. The number of likely N-dealkylation sites (N-methyl/N-ethyl adjacent to an activating group) is 1. The molecule has 1 aromatic heterocycles. The van der Waals surface area contributed by atoms with Gasteiger partial charge in [-0.05, 0) is 48.7 Å². The van der Waals surface area contributed by atoms with Gasteiger partial charge in [-0.3, -0.25) is 9.59 Å². The number of ketones is 1. The molecule has 2 heterocycles. The molecule has 3 aromatic rings. The lowest BCUT2D eigenvalue weighted by atomic mass is 9.98. The van der Waals surface area contributed by atoms with Gasteiger partial charge in [-0.25, -0.2) is 0 Å². The number of ether oxygens (including phenoxy) is 1. The van der Waals surface area contributed by atoms with E-state index in [1.807, 2.05) is 42.5 Å². The van der Waals surface area contributed by atoms with E-state index < -0.39 is 0 Å². The van der Waals surface area contributed by atoms with E-state index in [-0.39, 0.29) is 17.9 Å². The Balaban J connectivity index is 1.43. The molecule has 0 radical (unpaired) electrons. The summed E-state index contributed by atoms with van der Waals surface area (Å²) in [6.07, 6.45) is 3.57. The van der Waals surface area contributed by atoms with Gasteiger partial charge in [0.2, 0.25) is 0 Å². The Labute approximate surface area is 176 Å². The molecule has 5 nitrogen and oxygen atoms in total. The fourth-order valence-electron chi connectivity index (χ4n) is 3.71. The average molecular weight is 402 g/mol. The first kappa shape index (κ1) is 20.1. The monoisotopic (exact) mass is 402 g/mol. The Morgan fingerprint density at radius 3 is 2.50 bits per heavy atom. The Morgan fingerprint density at radius 1 is 0.967 bits per heavy atom. The van der Waals surface area contributed by atoms with Crippen molar-refractivity contribution in [3.05, 3.63) is 99.5 Å². The number of fused-ring (bicyclic) bond motifs is 1. The zero-order valence-electron chi connectivity index (χ0n) is 17.2. The first-order chi connectivity index (χ1) is 14.6. The van der Waals surface area contributed by atoms with Gasteiger partial charge in [0.25, 0.3) is 5.56 Å². The number of benzene rings is 2. The van der Waals surface area contributed by atoms with Gasteiger partial charge in [-0.15, -0.1) is 0 Å². The minimum Gasteiger partial charge on any atom is -0.489 e. The van der Waals surface area contributed by atoms with Crippen LogP contribution in [0.3, 0.4) is 0 Å². The van der Waals surface area contributed by atoms with Crippen LogP contribution in [0.5, 0.6) is 5.75 Å². The number of rotatable bonds is 6. The van der Waals surface area contributed by atoms with Crippen LogP contribution in [0, 0.1) is 0 Å². The van der Waals surface area contributed by atoms with E-state index in [1.165, 1.54) is 21.8 Å². The second-order valence-electron chi connectivity index (χ2n) is 7.81. The highest BCUT2D eigenvalue weighted by molar-refractivity contribution is 5.96. The van der Waals surface area contributed by atoms with Crippen LogP contribution in [0.25, 0.3) is 0 Å². The van der Waals surface area contributed by atoms with Gasteiger partial charge < -0.3 is 14.2 Å². The highest BCUT2D eigenvalue weighted by atomic mass is 16.5. The standard InChI is InChI=1S/C25H26N2O3/c1-26-12-9-20-7-8-22(15-21(20)10-13-26)24(28)17-27-14-11-23(16-25(27)29)30-18-19-5-3-2-4-6-19/h2-8,11,14-16H,9-10,12-13,17-18H2,1H3. The van der Waals surface area contributed by atoms with E-state index >= 15 is 0 Å². The molecule has 0 aliphatic carbocycles. The quantitative estimate of drug-likeness (QED) is 0.594. The van der Waals surface area contributed by atoms with E-state index in [0.717, 1.165) is 31.5 Å². The predicted octanol–water partition coefficient (Wildman–Crippen LogP) is 3.34. The fourth-order valence-corrected chi connectivity index (χ4v) is 3.71. The normalized spacial score (nSPS) is 14.0. The van der Waals surface area contributed by atoms with Gasteiger partial charge in [0.15, 0.2) is 5.78 Å². The van der Waals surface area contributed by atoms with Crippen LogP contribution in [0.2, 0.25) is 0 Å². The smallest absolute Gasteiger partial charge is 0.254 e. The SMILES string of the molecule is CN1CCc2ccc(C(=O)Cn3ccc(OCc4ccccc4)cc3=O)cc2CC1. The summed E-state index contributed by atoms with van der Waals surface area (Å²) < 4.78 is 7.13. The van der Waals surface area contributed by atoms with Crippen LogP contribution in [-0.4, -0.2) is 35.4 Å². The van der Waals surface area contributed by atoms with E-state index in [9.17, 15) is 9.59 Å². The molecule has 0 amide bonds. The summed E-state index contributed by atoms with van der Waals surface area (Å²) in [6, 6.07) is 18.9. The summed E-state index contributed by atoms with van der Waals surface area (Å²) in [5.74, 6) is 0.442. The minimum atomic E-state index is -0.245. The van der Waals surface area contributed by atoms with Crippen LogP contribution in [-0.2, 0) is 26.0 Å². The molecule has 0 saturated heterocycles. The summed E-state index contributed by atoms with van der Waals surface area (Å²) >= 11 is 0. The zero-order chi connectivity index (χ0) is 20.9. The zero-order valence-corrected chi connectivity index (χ0v) is 17.2. The number of hydrogen-bond donors (Lipinski definition) is 0. The molecular formula is C25H26N2O3. The number of pyridine rings is 1. The van der Waals surface area contributed by atoms with Crippen LogP contribution >= 0.6 is 0 Å². The van der Waals surface area contributed by atoms with Crippen molar-refractivity contribution in [2.75, 3.05) is 20.1 Å². The van der Waals surface area contributed by atoms with Crippen molar-refractivity contribution in [2.24, 2.45) is 0 Å². The lowest BCUT2D eigenvalue weighted by Crippen LogP contribution is -2.23. The van der Waals surface area contributed by atoms with E-state index in [2.05, 4.69) is 18.0 Å². The molecule has 0 unspecified atom stereocenters. The van der Waals surface area contributed by atoms with Crippen molar-refractivity contribution in [1.82, 2.24) is 9.47 Å². The topological polar surface area (TPSA) is 51.5 Å². The van der Waals surface area contributed by atoms with Crippen LogP contribution < -0.4 is 10.3 Å². The first-order valence-corrected chi connectivity index (χ1v) is 10.3. The summed E-state index contributed by atoms with van der Waals surface area (Å²) in [5.41, 5.74) is 4.00. The Bertz CT molecular complexity index is 1090. The maximum absolute atomic E-state index is 12.8. The Hall–Kier alpha value is -3.18. The van der Waals surface area contributed by atoms with Gasteiger partial charge in [0.1, 0.15) is 12.4 Å². The minimum absolute atomic E-state index is 0.0243. The predicted molar refractivity (Wildman–Crippen MR) is 117 cm³/mol. The number of hydrogen-bond acceptors (Lipinski definition) is 4. The number of Topliss-reactive ketones (excluding diaryl/α,β-unsaturated/α-hetero) is 1. The molecule has 154 valence electrons. The summed E-state index contributed by atoms with van der Waals surface area (Å²) in [6.45, 7) is 2.45. The Kier molecular flexibility index (Phi) is 6.10. The molecule has 0 N–H and O–H groups in total. The molecule has 0 fully saturated rings. The van der Waals surface area contributed by atoms with Crippen molar-refractivity contribution < 1.29 is 9.53 Å². The maximum atomic E-state index is 12.8. The van der Waals surface area contributed by atoms with Crippen molar-refractivity contribution in [3.63, 3.8) is 0 Å². The summed E-state index contributed by atoms with van der Waals surface area (Å²) in [5, 5.41) is 0. The molecule has 0 spiro atoms. The third kappa shape index (κ3) is 4.86. The first-order valence-electron chi connectivity index (χ1n) is 10.3. The van der Waals surface area contributed by atoms with Crippen molar-refractivity contribution in [2.45, 2.75) is 26.0 Å². The molecule has 1 aliphatic rings. The highest BCUT2D eigenvalue weighted by Gasteiger charge is 2.15. The van der Waals surface area contributed by atoms with Crippen LogP contribution in [0.4, 0.5) is 0 Å². The number of carbonyl (C=O) groups is 1. The molecule has 0 bridgehead atoms. The molecule has 0 saturated carbocycles. The van der Waals surface area contributed by atoms with Crippen molar-refractivity contribution in [1.29, 1.82) is 0 Å². The molecule has 1 aliphatic heterocycles. The molecule has 0 atom stereocenters. The van der Waals surface area contributed by atoms with E-state index in [1.54, 1.807) is 12.3 Å². The van der Waals surface area contributed by atoms with Gasteiger partial charge in [0, 0.05) is 30.9 Å². The Morgan fingerprint density at radius 2 is 1.73 bits per heavy atom. The van der Waals surface area contributed by atoms with Crippen molar-refractivity contribution in [3.8, 4) is 5.75 Å². The van der Waals surface area contributed by atoms with Gasteiger partial charge >= 0.3 is 0 Å². The molecule has 4 rings (SSSR count). The van der Waals surface area contributed by atoms with E-state index in [4.69, 9.17) is 4.74 Å². The highest BCUT2D eigenvalue weighted by Crippen LogP contribution is 2.18. The lowest BCUT2D eigenvalue weighted by molar-refractivity contribution is 0.0970. The fraction of sp³-hybridized carbons (Fsp3) is 0.280. The number of aromatic nitrogens is 1. The lowest BCUT2D eigenvalue weighted by Gasteiger charge is -2.11. The average Bonchev–Trinajstić information content (AvgIpc) is 2.95. The van der Waals surface area contributed by atoms with Crippen LogP contribution in [0.1, 0.15) is 27.0 Å². The third-order valence-electron chi connectivity index (χ3n) is 5.58. The number of nitrogens with zero attached hydrogens (tertiary/aromatic N) is 2. The maximum Gasteiger partial charge on any atom is 0.254 e. The van der Waals surface area contributed by atoms with E-state index in [0.29, 0.717) is 17.9 Å². The third-order valence-corrected chi connectivity index (χ3v) is 5.58. The number of carbonyl (C=O) groups excluding carboxylic acids is 1. The largest absolute Gasteiger partial charge is 0.489 e. The summed E-state index contributed by atoms with van der Waals surface area (Å²) in [7, 11) is 2.12. The molecule has 2 aromatic carbocycles. The van der Waals surface area contributed by atoms with Crippen molar-refractivity contribution >= 4 is 5.78 Å².